The van der Waals surface area contributed by atoms with Crippen LogP contribution >= 0.6 is 15.9 Å². The van der Waals surface area contributed by atoms with E-state index in [2.05, 4.69) is 28.1 Å². The Morgan fingerprint density at radius 3 is 2.76 bits per heavy atom. The fourth-order valence-corrected chi connectivity index (χ4v) is 2.85. The van der Waals surface area contributed by atoms with E-state index >= 15 is 0 Å². The van der Waals surface area contributed by atoms with Crippen molar-refractivity contribution >= 4 is 15.9 Å². The molecule has 1 aliphatic carbocycles. The van der Waals surface area contributed by atoms with Crippen LogP contribution in [0.15, 0.2) is 28.7 Å². The molecule has 1 atom stereocenters. The van der Waals surface area contributed by atoms with Gasteiger partial charge < -0.3 is 10.5 Å². The van der Waals surface area contributed by atoms with Crippen molar-refractivity contribution in [2.45, 2.75) is 31.8 Å². The minimum Gasteiger partial charge on any atom is -0.372 e. The van der Waals surface area contributed by atoms with Crippen LogP contribution in [0.2, 0.25) is 0 Å². The third-order valence-corrected chi connectivity index (χ3v) is 3.94. The van der Waals surface area contributed by atoms with Gasteiger partial charge in [-0.3, -0.25) is 0 Å². The topological polar surface area (TPSA) is 35.2 Å². The highest BCUT2D eigenvalue weighted by Crippen LogP contribution is 2.27. The van der Waals surface area contributed by atoms with Gasteiger partial charge in [-0.15, -0.1) is 0 Å². The van der Waals surface area contributed by atoms with Gasteiger partial charge in [0.15, 0.2) is 0 Å². The number of ether oxygens (including phenoxy) is 1. The molecule has 1 saturated carbocycles. The van der Waals surface area contributed by atoms with Crippen molar-refractivity contribution in [2.24, 2.45) is 11.7 Å². The highest BCUT2D eigenvalue weighted by Gasteiger charge is 2.18. The van der Waals surface area contributed by atoms with Crippen molar-refractivity contribution < 1.29 is 4.74 Å². The molecule has 0 radical (unpaired) electrons. The normalized spacial score (nSPS) is 18.5. The number of rotatable bonds is 5. The molecule has 0 bridgehead atoms. The third-order valence-electron chi connectivity index (χ3n) is 3.44. The van der Waals surface area contributed by atoms with Crippen molar-refractivity contribution in [3.63, 3.8) is 0 Å². The van der Waals surface area contributed by atoms with Gasteiger partial charge in [0.1, 0.15) is 0 Å². The lowest BCUT2D eigenvalue weighted by Crippen LogP contribution is -2.18. The zero-order valence-electron chi connectivity index (χ0n) is 10.1. The van der Waals surface area contributed by atoms with E-state index in [1.165, 1.54) is 31.2 Å². The Kier molecular flexibility index (Phi) is 5.01. The Hall–Kier alpha value is -0.380. The average Bonchev–Trinajstić information content (AvgIpc) is 2.83. The molecule has 0 heterocycles. The van der Waals surface area contributed by atoms with Gasteiger partial charge in [0, 0.05) is 11.0 Å². The van der Waals surface area contributed by atoms with Crippen LogP contribution < -0.4 is 5.73 Å². The Bertz CT molecular complexity index is 350. The van der Waals surface area contributed by atoms with Gasteiger partial charge in [-0.1, -0.05) is 40.9 Å². The smallest absolute Gasteiger partial charge is 0.0947 e. The summed E-state index contributed by atoms with van der Waals surface area (Å²) in [5, 5.41) is 0. The number of nitrogens with two attached hydrogens (primary N) is 1. The number of hydrogen-bond donors (Lipinski definition) is 1. The summed E-state index contributed by atoms with van der Waals surface area (Å²) in [6.07, 6.45) is 5.38. The van der Waals surface area contributed by atoms with E-state index in [4.69, 9.17) is 10.5 Å². The summed E-state index contributed by atoms with van der Waals surface area (Å²) in [5.41, 5.74) is 6.97. The molecule has 0 spiro atoms. The largest absolute Gasteiger partial charge is 0.372 e. The van der Waals surface area contributed by atoms with Crippen LogP contribution in [-0.4, -0.2) is 13.2 Å². The standard InChI is InChI=1S/C14H20BrNO/c15-13-7-3-6-12(8-13)14(9-16)17-10-11-4-1-2-5-11/h3,6-8,11,14H,1-2,4-5,9-10,16H2. The van der Waals surface area contributed by atoms with Crippen LogP contribution in [0.1, 0.15) is 37.4 Å². The second kappa shape index (κ2) is 6.53. The summed E-state index contributed by atoms with van der Waals surface area (Å²) in [6.45, 7) is 1.40. The molecular formula is C14H20BrNO. The monoisotopic (exact) mass is 297 g/mol. The molecule has 0 amide bonds. The van der Waals surface area contributed by atoms with Gasteiger partial charge >= 0.3 is 0 Å². The first-order chi connectivity index (χ1) is 8.29. The SMILES string of the molecule is NCC(OCC1CCCC1)c1cccc(Br)c1. The lowest BCUT2D eigenvalue weighted by atomic mass is 10.1. The molecule has 3 heteroatoms. The molecule has 2 N–H and O–H groups in total. The van der Waals surface area contributed by atoms with E-state index in [1.807, 2.05) is 12.1 Å². The zero-order chi connectivity index (χ0) is 12.1. The Labute approximate surface area is 112 Å². The van der Waals surface area contributed by atoms with Crippen LogP contribution in [0, 0.1) is 5.92 Å². The molecule has 17 heavy (non-hydrogen) atoms. The van der Waals surface area contributed by atoms with Gasteiger partial charge in [0.05, 0.1) is 12.7 Å². The van der Waals surface area contributed by atoms with Crippen molar-refractivity contribution in [2.75, 3.05) is 13.2 Å². The summed E-state index contributed by atoms with van der Waals surface area (Å²) in [5.74, 6) is 0.746. The fraction of sp³-hybridized carbons (Fsp3) is 0.571. The average molecular weight is 298 g/mol. The van der Waals surface area contributed by atoms with Crippen molar-refractivity contribution in [3.8, 4) is 0 Å². The van der Waals surface area contributed by atoms with E-state index in [-0.39, 0.29) is 6.10 Å². The van der Waals surface area contributed by atoms with Crippen LogP contribution in [0.3, 0.4) is 0 Å². The molecule has 0 aromatic heterocycles. The number of halogens is 1. The molecule has 1 aromatic rings. The van der Waals surface area contributed by atoms with Crippen molar-refractivity contribution in [1.29, 1.82) is 0 Å². The fourth-order valence-electron chi connectivity index (χ4n) is 2.44. The highest BCUT2D eigenvalue weighted by atomic mass is 79.9. The molecule has 0 saturated heterocycles. The van der Waals surface area contributed by atoms with E-state index in [1.54, 1.807) is 0 Å². The molecule has 1 aromatic carbocycles. The van der Waals surface area contributed by atoms with E-state index < -0.39 is 0 Å². The molecular weight excluding hydrogens is 278 g/mol. The third kappa shape index (κ3) is 3.80. The molecule has 2 rings (SSSR count). The Morgan fingerprint density at radius 1 is 1.35 bits per heavy atom. The van der Waals surface area contributed by atoms with Crippen LogP contribution in [0.25, 0.3) is 0 Å². The lowest BCUT2D eigenvalue weighted by molar-refractivity contribution is 0.0346. The van der Waals surface area contributed by atoms with Crippen LogP contribution in [-0.2, 0) is 4.74 Å². The second-order valence-corrected chi connectivity index (χ2v) is 5.68. The molecule has 1 aliphatic rings. The summed E-state index contributed by atoms with van der Waals surface area (Å²) >= 11 is 3.48. The van der Waals surface area contributed by atoms with Gasteiger partial charge in [-0.25, -0.2) is 0 Å². The molecule has 0 aliphatic heterocycles. The quantitative estimate of drug-likeness (QED) is 0.900. The van der Waals surface area contributed by atoms with Gasteiger partial charge in [-0.05, 0) is 36.5 Å². The number of benzene rings is 1. The maximum atomic E-state index is 5.97. The molecule has 2 nitrogen and oxygen atoms in total. The van der Waals surface area contributed by atoms with E-state index in [0.717, 1.165) is 17.0 Å². The molecule has 1 unspecified atom stereocenters. The second-order valence-electron chi connectivity index (χ2n) is 4.76. The van der Waals surface area contributed by atoms with Crippen molar-refractivity contribution in [1.82, 2.24) is 0 Å². The summed E-state index contributed by atoms with van der Waals surface area (Å²) in [7, 11) is 0. The van der Waals surface area contributed by atoms with E-state index in [9.17, 15) is 0 Å². The highest BCUT2D eigenvalue weighted by molar-refractivity contribution is 9.10. The lowest BCUT2D eigenvalue weighted by Gasteiger charge is -2.19. The maximum Gasteiger partial charge on any atom is 0.0947 e. The molecule has 1 fully saturated rings. The van der Waals surface area contributed by atoms with Gasteiger partial charge in [-0.2, -0.15) is 0 Å². The van der Waals surface area contributed by atoms with Gasteiger partial charge in [0.2, 0.25) is 0 Å². The zero-order valence-corrected chi connectivity index (χ0v) is 11.7. The predicted octanol–water partition coefficient (Wildman–Crippen LogP) is 3.66. The predicted molar refractivity (Wildman–Crippen MR) is 73.8 cm³/mol. The first-order valence-corrected chi connectivity index (χ1v) is 7.16. The summed E-state index contributed by atoms with van der Waals surface area (Å²) in [6, 6.07) is 8.22. The van der Waals surface area contributed by atoms with Crippen LogP contribution in [0.5, 0.6) is 0 Å². The Morgan fingerprint density at radius 2 is 2.12 bits per heavy atom. The summed E-state index contributed by atoms with van der Waals surface area (Å²) in [4.78, 5) is 0. The van der Waals surface area contributed by atoms with Crippen LogP contribution in [0.4, 0.5) is 0 Å². The minimum atomic E-state index is 0.0353. The summed E-state index contributed by atoms with van der Waals surface area (Å²) < 4.78 is 7.05. The van der Waals surface area contributed by atoms with Crippen molar-refractivity contribution in [3.05, 3.63) is 34.3 Å². The van der Waals surface area contributed by atoms with E-state index in [0.29, 0.717) is 6.54 Å². The Balaban J connectivity index is 1.91. The molecule has 94 valence electrons. The first kappa shape index (κ1) is 13.1. The minimum absolute atomic E-state index is 0.0353. The van der Waals surface area contributed by atoms with Gasteiger partial charge in [0.25, 0.3) is 0 Å². The first-order valence-electron chi connectivity index (χ1n) is 6.36. The number of hydrogen-bond acceptors (Lipinski definition) is 2. The maximum absolute atomic E-state index is 5.97.